The molecule has 0 amide bonds. The smallest absolute Gasteiger partial charge is 0.300 e. The van der Waals surface area contributed by atoms with E-state index in [1.54, 1.807) is 0 Å². The summed E-state index contributed by atoms with van der Waals surface area (Å²) in [4.78, 5) is 19.2. The molecule has 1 aromatic carbocycles. The van der Waals surface area contributed by atoms with Gasteiger partial charge in [0.15, 0.2) is 0 Å². The Morgan fingerprint density at radius 3 is 2.70 bits per heavy atom. The maximum absolute atomic E-state index is 13.2. The van der Waals surface area contributed by atoms with Gasteiger partial charge < -0.3 is 0 Å². The molecule has 0 spiro atoms. The van der Waals surface area contributed by atoms with Gasteiger partial charge in [-0.05, 0) is 51.4 Å². The normalized spacial score (nSPS) is 18.2. The quantitative estimate of drug-likeness (QED) is 0.636. The SMILES string of the molecule is CC(=O)Cc1nc(-c2cc(Cl)cc(C(F)(F)F)c2)c(CN2CCC[C@H]2C)s1. The van der Waals surface area contributed by atoms with Crippen molar-refractivity contribution in [1.29, 1.82) is 0 Å². The van der Waals surface area contributed by atoms with E-state index in [1.807, 2.05) is 0 Å². The van der Waals surface area contributed by atoms with Crippen LogP contribution in [0.25, 0.3) is 11.3 Å². The summed E-state index contributed by atoms with van der Waals surface area (Å²) in [5.74, 6) is -0.0292. The van der Waals surface area contributed by atoms with Crippen LogP contribution in [0, 0.1) is 0 Å². The molecule has 1 aliphatic heterocycles. The van der Waals surface area contributed by atoms with Gasteiger partial charge in [-0.15, -0.1) is 11.3 Å². The molecule has 3 nitrogen and oxygen atoms in total. The Hall–Kier alpha value is -1.44. The molecule has 0 unspecified atom stereocenters. The van der Waals surface area contributed by atoms with Gasteiger partial charge in [0.05, 0.1) is 17.7 Å². The van der Waals surface area contributed by atoms with Crippen LogP contribution in [0.3, 0.4) is 0 Å². The Kier molecular flexibility index (Phi) is 5.93. The van der Waals surface area contributed by atoms with Crippen molar-refractivity contribution in [3.05, 3.63) is 38.7 Å². The number of Topliss-reactive ketones (excluding diaryl/α,β-unsaturated/α-hetero) is 1. The van der Waals surface area contributed by atoms with Crippen molar-refractivity contribution in [3.8, 4) is 11.3 Å². The number of hydrogen-bond donors (Lipinski definition) is 0. The molecule has 1 atom stereocenters. The highest BCUT2D eigenvalue weighted by molar-refractivity contribution is 7.12. The summed E-state index contributed by atoms with van der Waals surface area (Å²) in [5, 5.41) is 0.634. The van der Waals surface area contributed by atoms with E-state index in [2.05, 4.69) is 16.8 Å². The van der Waals surface area contributed by atoms with Crippen LogP contribution >= 0.6 is 22.9 Å². The summed E-state index contributed by atoms with van der Waals surface area (Å²) in [5.41, 5.74) is 0.0256. The maximum atomic E-state index is 13.2. The molecule has 0 aliphatic carbocycles. The van der Waals surface area contributed by atoms with Crippen molar-refractivity contribution < 1.29 is 18.0 Å². The van der Waals surface area contributed by atoms with Crippen LogP contribution in [0.2, 0.25) is 5.02 Å². The number of halogens is 4. The van der Waals surface area contributed by atoms with Crippen molar-refractivity contribution in [2.75, 3.05) is 6.54 Å². The first kappa shape index (κ1) is 20.3. The molecule has 1 aliphatic rings. The van der Waals surface area contributed by atoms with Crippen molar-refractivity contribution in [3.63, 3.8) is 0 Å². The second kappa shape index (κ2) is 7.89. The van der Waals surface area contributed by atoms with Crippen LogP contribution < -0.4 is 0 Å². The molecule has 0 saturated carbocycles. The molecule has 1 saturated heterocycles. The summed E-state index contributed by atoms with van der Waals surface area (Å²) >= 11 is 7.35. The number of thiazole rings is 1. The summed E-state index contributed by atoms with van der Waals surface area (Å²) < 4.78 is 39.6. The van der Waals surface area contributed by atoms with Crippen LogP contribution in [0.5, 0.6) is 0 Å². The van der Waals surface area contributed by atoms with E-state index in [0.29, 0.717) is 28.9 Å². The predicted molar refractivity (Wildman–Crippen MR) is 101 cm³/mol. The third-order valence-corrected chi connectivity index (χ3v) is 5.94. The van der Waals surface area contributed by atoms with Crippen molar-refractivity contribution in [1.82, 2.24) is 9.88 Å². The number of benzene rings is 1. The molecule has 146 valence electrons. The second-order valence-corrected chi connectivity index (χ2v) is 8.55. The lowest BCUT2D eigenvalue weighted by atomic mass is 10.1. The van der Waals surface area contributed by atoms with Gasteiger partial charge in [-0.2, -0.15) is 13.2 Å². The number of ketones is 1. The van der Waals surface area contributed by atoms with E-state index >= 15 is 0 Å². The minimum Gasteiger partial charge on any atom is -0.300 e. The lowest BCUT2D eigenvalue weighted by Crippen LogP contribution is -2.25. The zero-order valence-electron chi connectivity index (χ0n) is 15.1. The van der Waals surface area contributed by atoms with Gasteiger partial charge in [-0.3, -0.25) is 9.69 Å². The fourth-order valence-corrected chi connectivity index (χ4v) is 4.75. The maximum Gasteiger partial charge on any atom is 0.416 e. The molecular formula is C19H20ClF3N2OS. The number of rotatable bonds is 5. The number of carbonyl (C=O) groups is 1. The molecule has 2 aromatic rings. The van der Waals surface area contributed by atoms with Crippen molar-refractivity contribution in [2.45, 2.75) is 51.9 Å². The van der Waals surface area contributed by atoms with Crippen LogP contribution in [-0.2, 0) is 23.9 Å². The average Bonchev–Trinajstić information content (AvgIpc) is 3.12. The lowest BCUT2D eigenvalue weighted by Gasteiger charge is -2.20. The standard InChI is InChI=1S/C19H20ClF3N2OS/c1-11-4-3-5-25(11)10-16-18(24-17(27-16)6-12(2)26)13-7-14(19(21,22)23)9-15(20)8-13/h7-9,11H,3-6,10H2,1-2H3/t11-/m1/s1. The molecule has 1 aromatic heterocycles. The highest BCUT2D eigenvalue weighted by Crippen LogP contribution is 2.37. The Morgan fingerprint density at radius 1 is 1.37 bits per heavy atom. The molecule has 0 N–H and O–H groups in total. The Bertz CT molecular complexity index is 850. The monoisotopic (exact) mass is 416 g/mol. The van der Waals surface area contributed by atoms with Crippen LogP contribution in [0.1, 0.15) is 42.1 Å². The van der Waals surface area contributed by atoms with Gasteiger partial charge in [-0.1, -0.05) is 11.6 Å². The predicted octanol–water partition coefficient (Wildman–Crippen LogP) is 5.60. The van der Waals surface area contributed by atoms with Gasteiger partial charge in [0.25, 0.3) is 0 Å². The second-order valence-electron chi connectivity index (χ2n) is 6.95. The minimum atomic E-state index is -4.48. The first-order chi connectivity index (χ1) is 12.6. The molecule has 0 radical (unpaired) electrons. The zero-order chi connectivity index (χ0) is 19.8. The largest absolute Gasteiger partial charge is 0.416 e. The summed E-state index contributed by atoms with van der Waals surface area (Å²) in [6, 6.07) is 3.91. The minimum absolute atomic E-state index is 0.0152. The van der Waals surface area contributed by atoms with Gasteiger partial charge in [0, 0.05) is 28.0 Å². The van der Waals surface area contributed by atoms with E-state index < -0.39 is 11.7 Å². The van der Waals surface area contributed by atoms with Gasteiger partial charge in [0.1, 0.15) is 10.8 Å². The number of carbonyl (C=O) groups excluding carboxylic acids is 1. The molecule has 3 rings (SSSR count). The topological polar surface area (TPSA) is 33.2 Å². The molecular weight excluding hydrogens is 397 g/mol. The highest BCUT2D eigenvalue weighted by Gasteiger charge is 2.32. The van der Waals surface area contributed by atoms with E-state index in [-0.39, 0.29) is 17.2 Å². The molecule has 27 heavy (non-hydrogen) atoms. The van der Waals surface area contributed by atoms with Gasteiger partial charge in [-0.25, -0.2) is 4.98 Å². The van der Waals surface area contributed by atoms with Crippen molar-refractivity contribution >= 4 is 28.7 Å². The Balaban J connectivity index is 2.03. The van der Waals surface area contributed by atoms with E-state index in [4.69, 9.17) is 11.6 Å². The number of hydrogen-bond acceptors (Lipinski definition) is 4. The van der Waals surface area contributed by atoms with E-state index in [1.165, 1.54) is 24.3 Å². The van der Waals surface area contributed by atoms with E-state index in [0.717, 1.165) is 36.4 Å². The fourth-order valence-electron chi connectivity index (χ4n) is 3.32. The average molecular weight is 417 g/mol. The van der Waals surface area contributed by atoms with Crippen molar-refractivity contribution in [2.24, 2.45) is 0 Å². The summed E-state index contributed by atoms with van der Waals surface area (Å²) in [7, 11) is 0. The molecule has 8 heteroatoms. The fraction of sp³-hybridized carbons (Fsp3) is 0.474. The van der Waals surface area contributed by atoms with E-state index in [9.17, 15) is 18.0 Å². The first-order valence-electron chi connectivity index (χ1n) is 8.73. The third-order valence-electron chi connectivity index (χ3n) is 4.68. The first-order valence-corrected chi connectivity index (χ1v) is 9.93. The zero-order valence-corrected chi connectivity index (χ0v) is 16.6. The molecule has 2 heterocycles. The third kappa shape index (κ3) is 4.89. The van der Waals surface area contributed by atoms with Gasteiger partial charge in [0.2, 0.25) is 0 Å². The Morgan fingerprint density at radius 2 is 2.11 bits per heavy atom. The number of likely N-dealkylation sites (tertiary alicyclic amines) is 1. The van der Waals surface area contributed by atoms with Crippen LogP contribution in [0.15, 0.2) is 18.2 Å². The highest BCUT2D eigenvalue weighted by atomic mass is 35.5. The lowest BCUT2D eigenvalue weighted by molar-refractivity contribution is -0.137. The van der Waals surface area contributed by atoms with Gasteiger partial charge >= 0.3 is 6.18 Å². The van der Waals surface area contributed by atoms with Crippen LogP contribution in [-0.4, -0.2) is 28.3 Å². The summed E-state index contributed by atoms with van der Waals surface area (Å²) in [6.07, 6.45) is -2.10. The van der Waals surface area contributed by atoms with Crippen LogP contribution in [0.4, 0.5) is 13.2 Å². The molecule has 0 bridgehead atoms. The Labute approximate surface area is 165 Å². The molecule has 1 fully saturated rings. The number of alkyl halides is 3. The number of nitrogens with zero attached hydrogens (tertiary/aromatic N) is 2. The number of aromatic nitrogens is 1. The summed E-state index contributed by atoms with van der Waals surface area (Å²) in [6.45, 7) is 5.18.